The summed E-state index contributed by atoms with van der Waals surface area (Å²) in [6.07, 6.45) is 10.1. The lowest BCUT2D eigenvalue weighted by Gasteiger charge is -2.46. The molecule has 0 spiro atoms. The molecule has 2 atom stereocenters. The Kier molecular flexibility index (Phi) is 5.40. The van der Waals surface area contributed by atoms with Crippen molar-refractivity contribution in [3.05, 3.63) is 90.6 Å². The molecule has 2 heterocycles. The molecule has 0 fully saturated rings. The van der Waals surface area contributed by atoms with Crippen molar-refractivity contribution < 1.29 is 4.57 Å². The maximum Gasteiger partial charge on any atom is 0.214 e. The van der Waals surface area contributed by atoms with E-state index in [2.05, 4.69) is 112 Å². The van der Waals surface area contributed by atoms with Crippen LogP contribution in [0, 0.1) is 0 Å². The summed E-state index contributed by atoms with van der Waals surface area (Å²) in [5, 5.41) is 5.45. The molecular weight excluding hydrogens is 398 g/mol. The Morgan fingerprint density at radius 2 is 1.67 bits per heavy atom. The van der Waals surface area contributed by atoms with Crippen molar-refractivity contribution in [3.63, 3.8) is 0 Å². The number of nitrogens with zero attached hydrogens (tertiary/aromatic N) is 1. The van der Waals surface area contributed by atoms with E-state index >= 15 is 0 Å². The van der Waals surface area contributed by atoms with Crippen LogP contribution in [-0.4, -0.2) is 0 Å². The van der Waals surface area contributed by atoms with Gasteiger partial charge in [0, 0.05) is 18.6 Å². The molecule has 33 heavy (non-hydrogen) atoms. The summed E-state index contributed by atoms with van der Waals surface area (Å²) in [6.45, 7) is 13.7. The molecule has 0 aliphatic carbocycles. The Balaban J connectivity index is 1.88. The van der Waals surface area contributed by atoms with Gasteiger partial charge in [-0.15, -0.1) is 0 Å². The highest BCUT2D eigenvalue weighted by atomic mass is 15.1. The number of aryl methyl sites for hydroxylation is 1. The fourth-order valence-electron chi connectivity index (χ4n) is 6.50. The number of hydrogen-bond donors (Lipinski definition) is 0. The monoisotopic (exact) mass is 434 g/mol. The minimum absolute atomic E-state index is 0.0377. The quantitative estimate of drug-likeness (QED) is 0.163. The fraction of sp³-hybridized carbons (Fsp3) is 0.344. The lowest BCUT2D eigenvalue weighted by Crippen LogP contribution is -2.68. The second-order valence-corrected chi connectivity index (χ2v) is 9.93. The van der Waals surface area contributed by atoms with E-state index in [0.717, 1.165) is 19.3 Å². The van der Waals surface area contributed by atoms with Crippen molar-refractivity contribution in [3.8, 4) is 11.3 Å². The van der Waals surface area contributed by atoms with E-state index < -0.39 is 0 Å². The average molecular weight is 435 g/mol. The summed E-state index contributed by atoms with van der Waals surface area (Å²) in [5.41, 5.74) is 5.43. The summed E-state index contributed by atoms with van der Waals surface area (Å²) in [5.74, 6) is 0. The van der Waals surface area contributed by atoms with Gasteiger partial charge in [0.1, 0.15) is 0 Å². The molecule has 0 radical (unpaired) electrons. The predicted molar refractivity (Wildman–Crippen MR) is 142 cm³/mol. The first-order chi connectivity index (χ1) is 16.0. The number of aromatic nitrogens is 1. The van der Waals surface area contributed by atoms with Crippen LogP contribution in [0.5, 0.6) is 0 Å². The van der Waals surface area contributed by atoms with Gasteiger partial charge in [0.25, 0.3) is 0 Å². The molecule has 0 amide bonds. The van der Waals surface area contributed by atoms with Gasteiger partial charge in [-0.25, -0.2) is 0 Å². The Morgan fingerprint density at radius 1 is 0.879 bits per heavy atom. The van der Waals surface area contributed by atoms with Crippen LogP contribution in [0.1, 0.15) is 64.5 Å². The molecule has 168 valence electrons. The molecule has 1 aliphatic heterocycles. The summed E-state index contributed by atoms with van der Waals surface area (Å²) >= 11 is 0. The minimum atomic E-state index is -0.150. The summed E-state index contributed by atoms with van der Waals surface area (Å²) < 4.78 is 2.51. The zero-order valence-electron chi connectivity index (χ0n) is 20.6. The predicted octanol–water partition coefficient (Wildman–Crippen LogP) is 8.26. The Labute approximate surface area is 198 Å². The van der Waals surface area contributed by atoms with Crippen molar-refractivity contribution in [2.24, 2.45) is 0 Å². The topological polar surface area (TPSA) is 3.88 Å². The van der Waals surface area contributed by atoms with Crippen LogP contribution in [-0.2, 0) is 17.4 Å². The average Bonchev–Trinajstić information content (AvgIpc) is 2.86. The molecule has 1 aliphatic rings. The number of pyridine rings is 1. The molecule has 0 saturated carbocycles. The van der Waals surface area contributed by atoms with Gasteiger partial charge in [-0.3, -0.25) is 0 Å². The van der Waals surface area contributed by atoms with Crippen molar-refractivity contribution in [1.29, 1.82) is 0 Å². The summed E-state index contributed by atoms with van der Waals surface area (Å²) in [7, 11) is 0. The van der Waals surface area contributed by atoms with Gasteiger partial charge in [0.2, 0.25) is 5.69 Å². The largest absolute Gasteiger partial charge is 0.214 e. The first-order valence-electron chi connectivity index (χ1n) is 12.7. The molecule has 1 aromatic heterocycles. The fourth-order valence-corrected chi connectivity index (χ4v) is 6.50. The van der Waals surface area contributed by atoms with Crippen LogP contribution in [0.4, 0.5) is 0 Å². The van der Waals surface area contributed by atoms with Gasteiger partial charge in [-0.2, -0.15) is 4.57 Å². The van der Waals surface area contributed by atoms with Crippen molar-refractivity contribution in [1.82, 2.24) is 0 Å². The van der Waals surface area contributed by atoms with Crippen LogP contribution < -0.4 is 4.57 Å². The molecule has 0 N–H and O–H groups in total. The maximum absolute atomic E-state index is 4.36. The molecule has 5 rings (SSSR count). The molecule has 3 aromatic carbocycles. The van der Waals surface area contributed by atoms with Gasteiger partial charge in [0.05, 0.1) is 11.0 Å². The van der Waals surface area contributed by atoms with E-state index in [0.29, 0.717) is 0 Å². The second kappa shape index (κ2) is 8.13. The molecule has 0 saturated heterocycles. The molecule has 1 nitrogen and oxygen atoms in total. The van der Waals surface area contributed by atoms with Crippen LogP contribution >= 0.6 is 0 Å². The zero-order valence-corrected chi connectivity index (χ0v) is 20.6. The first kappa shape index (κ1) is 21.9. The normalized spacial score (nSPS) is 21.7. The highest BCUT2D eigenvalue weighted by Gasteiger charge is 2.57. The van der Waals surface area contributed by atoms with Crippen molar-refractivity contribution in [2.75, 3.05) is 0 Å². The van der Waals surface area contributed by atoms with Gasteiger partial charge < -0.3 is 0 Å². The van der Waals surface area contributed by atoms with Crippen molar-refractivity contribution >= 4 is 21.5 Å². The highest BCUT2D eigenvalue weighted by molar-refractivity contribution is 6.06. The lowest BCUT2D eigenvalue weighted by atomic mass is 9.59. The lowest BCUT2D eigenvalue weighted by molar-refractivity contribution is -0.756. The molecular formula is C32H36N+. The summed E-state index contributed by atoms with van der Waals surface area (Å²) in [4.78, 5) is 0. The number of rotatable bonds is 6. The van der Waals surface area contributed by atoms with Crippen LogP contribution in [0.3, 0.4) is 0 Å². The van der Waals surface area contributed by atoms with Crippen LogP contribution in [0.25, 0.3) is 32.8 Å². The molecule has 0 bridgehead atoms. The SMILES string of the molecule is C=CC1(CC)[n+]2ccccc2-c2c(ccc3cc4c(CCCC)cccc4cc23)C1(C)CC. The van der Waals surface area contributed by atoms with E-state index in [1.165, 1.54) is 56.8 Å². The number of allylic oxidation sites excluding steroid dienone is 1. The van der Waals surface area contributed by atoms with Crippen LogP contribution in [0.2, 0.25) is 0 Å². The number of fused-ring (bicyclic) bond motifs is 6. The second-order valence-electron chi connectivity index (χ2n) is 9.93. The van der Waals surface area contributed by atoms with E-state index in [9.17, 15) is 0 Å². The maximum atomic E-state index is 4.36. The highest BCUT2D eigenvalue weighted by Crippen LogP contribution is 2.52. The summed E-state index contributed by atoms with van der Waals surface area (Å²) in [6, 6.07) is 23.1. The molecule has 2 unspecified atom stereocenters. The van der Waals surface area contributed by atoms with E-state index in [-0.39, 0.29) is 11.0 Å². The van der Waals surface area contributed by atoms with E-state index in [1.54, 1.807) is 0 Å². The zero-order chi connectivity index (χ0) is 23.2. The van der Waals surface area contributed by atoms with E-state index in [4.69, 9.17) is 0 Å². The van der Waals surface area contributed by atoms with Crippen LogP contribution in [0.15, 0.2) is 79.5 Å². The molecule has 4 aromatic rings. The molecule has 1 heteroatoms. The standard InChI is InChI=1S/C32H36N/c1-6-10-14-23-15-13-16-24-22-27-25(21-26(23)24)18-19-28-30(27)29-17-11-12-20-33(29)32(8-3,9-4)31(28,5)7-2/h8,11-13,15-22H,3,6-7,9-10,14H2,1-2,4-5H3/q+1. The van der Waals surface area contributed by atoms with Gasteiger partial charge in [-0.05, 0) is 83.1 Å². The van der Waals surface area contributed by atoms with Gasteiger partial charge >= 0.3 is 0 Å². The minimum Gasteiger partial charge on any atom is -0.188 e. The number of benzene rings is 3. The van der Waals surface area contributed by atoms with E-state index in [1.807, 2.05) is 0 Å². The smallest absolute Gasteiger partial charge is 0.188 e. The third-order valence-electron chi connectivity index (χ3n) is 8.59. The third-order valence-corrected chi connectivity index (χ3v) is 8.59. The van der Waals surface area contributed by atoms with Gasteiger partial charge in [0.15, 0.2) is 11.7 Å². The number of hydrogen-bond acceptors (Lipinski definition) is 0. The van der Waals surface area contributed by atoms with Crippen molar-refractivity contribution in [2.45, 2.75) is 70.8 Å². The Bertz CT molecular complexity index is 1360. The Morgan fingerprint density at radius 3 is 2.39 bits per heavy atom. The first-order valence-corrected chi connectivity index (χ1v) is 12.7. The number of unbranched alkanes of at least 4 members (excludes halogenated alkanes) is 1. The third kappa shape index (κ3) is 2.94. The van der Waals surface area contributed by atoms with Gasteiger partial charge in [-0.1, -0.05) is 64.1 Å². The Hall–Kier alpha value is -2.93.